The van der Waals surface area contributed by atoms with Crippen LogP contribution in [0.2, 0.25) is 10.0 Å². The monoisotopic (exact) mass is 417 g/mol. The Kier molecular flexibility index (Phi) is 8.58. The number of carbonyl (C=O) groups excluding carboxylic acids is 2. The molecule has 0 bridgehead atoms. The summed E-state index contributed by atoms with van der Waals surface area (Å²) in [5.74, 6) is -0.0246. The van der Waals surface area contributed by atoms with Gasteiger partial charge in [-0.2, -0.15) is 0 Å². The third-order valence-corrected chi connectivity index (χ3v) is 6.17. The van der Waals surface area contributed by atoms with Crippen molar-refractivity contribution in [2.24, 2.45) is 0 Å². The van der Waals surface area contributed by atoms with Crippen LogP contribution in [0.1, 0.15) is 56.3 Å². The van der Waals surface area contributed by atoms with Gasteiger partial charge in [0.05, 0.1) is 22.6 Å². The van der Waals surface area contributed by atoms with Crippen molar-refractivity contribution >= 4 is 46.8 Å². The molecule has 2 rings (SSSR count). The Morgan fingerprint density at radius 1 is 1.23 bits per heavy atom. The van der Waals surface area contributed by atoms with Crippen LogP contribution in [0.15, 0.2) is 18.2 Å². The van der Waals surface area contributed by atoms with Crippen LogP contribution in [0.4, 0.5) is 0 Å². The van der Waals surface area contributed by atoms with E-state index in [0.717, 1.165) is 32.1 Å². The number of thioether (sulfide) groups is 1. The van der Waals surface area contributed by atoms with Crippen molar-refractivity contribution in [2.45, 2.75) is 57.4 Å². The summed E-state index contributed by atoms with van der Waals surface area (Å²) in [5.41, 5.74) is 0.368. The summed E-state index contributed by atoms with van der Waals surface area (Å²) >= 11 is 13.8. The number of unbranched alkanes of at least 4 members (excludes halogenated alkanes) is 2. The van der Waals surface area contributed by atoms with Crippen LogP contribution in [-0.2, 0) is 9.53 Å². The van der Waals surface area contributed by atoms with Gasteiger partial charge < -0.3 is 9.64 Å². The Morgan fingerprint density at radius 2 is 2.00 bits per heavy atom. The molecule has 1 aromatic carbocycles. The topological polar surface area (TPSA) is 46.6 Å². The van der Waals surface area contributed by atoms with Gasteiger partial charge in [-0.25, -0.2) is 4.79 Å². The SMILES string of the molecule is CCCCCC1SCC(C(=O)OCCC)N1C(=O)c1ccc(Cl)cc1Cl. The minimum absolute atomic E-state index is 0.0417. The molecule has 1 amide bonds. The highest BCUT2D eigenvalue weighted by Gasteiger charge is 2.42. The van der Waals surface area contributed by atoms with Gasteiger partial charge in [0, 0.05) is 10.8 Å². The number of halogens is 2. The number of rotatable bonds is 8. The summed E-state index contributed by atoms with van der Waals surface area (Å²) in [5, 5.41) is 0.730. The first-order chi connectivity index (χ1) is 12.5. The lowest BCUT2D eigenvalue weighted by Crippen LogP contribution is -2.46. The molecule has 2 unspecified atom stereocenters. The van der Waals surface area contributed by atoms with E-state index >= 15 is 0 Å². The van der Waals surface area contributed by atoms with Gasteiger partial charge in [0.15, 0.2) is 0 Å². The lowest BCUT2D eigenvalue weighted by molar-refractivity contribution is -0.148. The van der Waals surface area contributed by atoms with Gasteiger partial charge in [0.1, 0.15) is 6.04 Å². The van der Waals surface area contributed by atoms with E-state index in [4.69, 9.17) is 27.9 Å². The number of esters is 1. The molecule has 7 heteroatoms. The first kappa shape index (κ1) is 21.4. The van der Waals surface area contributed by atoms with Gasteiger partial charge in [0.25, 0.3) is 5.91 Å². The average molecular weight is 418 g/mol. The number of carbonyl (C=O) groups is 2. The zero-order valence-corrected chi connectivity index (χ0v) is 17.5. The number of ether oxygens (including phenoxy) is 1. The lowest BCUT2D eigenvalue weighted by Gasteiger charge is -2.29. The second-order valence-electron chi connectivity index (χ2n) is 6.30. The number of nitrogens with zero attached hydrogens (tertiary/aromatic N) is 1. The molecule has 0 radical (unpaired) electrons. The molecule has 1 fully saturated rings. The van der Waals surface area contributed by atoms with E-state index in [1.807, 2.05) is 6.92 Å². The summed E-state index contributed by atoms with van der Waals surface area (Å²) in [6.07, 6.45) is 4.83. The Labute approximate surface area is 169 Å². The molecule has 0 spiro atoms. The van der Waals surface area contributed by atoms with E-state index in [-0.39, 0.29) is 17.3 Å². The predicted octanol–water partition coefficient (Wildman–Crippen LogP) is 5.41. The largest absolute Gasteiger partial charge is 0.464 e. The second-order valence-corrected chi connectivity index (χ2v) is 8.36. The van der Waals surface area contributed by atoms with E-state index in [2.05, 4.69) is 6.92 Å². The molecule has 4 nitrogen and oxygen atoms in total. The minimum atomic E-state index is -0.572. The van der Waals surface area contributed by atoms with Gasteiger partial charge in [-0.15, -0.1) is 11.8 Å². The zero-order valence-electron chi connectivity index (χ0n) is 15.2. The molecule has 0 saturated carbocycles. The number of hydrogen-bond acceptors (Lipinski definition) is 4. The van der Waals surface area contributed by atoms with E-state index < -0.39 is 6.04 Å². The van der Waals surface area contributed by atoms with Crippen molar-refractivity contribution in [1.82, 2.24) is 4.90 Å². The molecule has 1 aromatic rings. The number of benzene rings is 1. The van der Waals surface area contributed by atoms with Gasteiger partial charge in [-0.05, 0) is 31.0 Å². The first-order valence-electron chi connectivity index (χ1n) is 9.05. The van der Waals surface area contributed by atoms with E-state index in [9.17, 15) is 9.59 Å². The van der Waals surface area contributed by atoms with Crippen LogP contribution >= 0.6 is 35.0 Å². The molecule has 1 aliphatic rings. The van der Waals surface area contributed by atoms with Crippen LogP contribution in [0.25, 0.3) is 0 Å². The van der Waals surface area contributed by atoms with Gasteiger partial charge in [-0.1, -0.05) is 56.3 Å². The minimum Gasteiger partial charge on any atom is -0.464 e. The quantitative estimate of drug-likeness (QED) is 0.418. The standard InChI is InChI=1S/C19H25Cl2NO3S/c1-3-5-6-7-17-22(16(12-26-17)19(24)25-10-4-2)18(23)14-9-8-13(20)11-15(14)21/h8-9,11,16-17H,3-7,10,12H2,1-2H3. The number of hydrogen-bond donors (Lipinski definition) is 0. The van der Waals surface area contributed by atoms with Crippen LogP contribution in [-0.4, -0.2) is 40.6 Å². The molecule has 0 aromatic heterocycles. The van der Waals surface area contributed by atoms with Gasteiger partial charge in [-0.3, -0.25) is 4.79 Å². The summed E-state index contributed by atoms with van der Waals surface area (Å²) in [4.78, 5) is 27.3. The molecule has 1 heterocycles. The summed E-state index contributed by atoms with van der Waals surface area (Å²) < 4.78 is 5.31. The van der Waals surface area contributed by atoms with E-state index in [1.54, 1.807) is 34.9 Å². The van der Waals surface area contributed by atoms with Crippen molar-refractivity contribution in [2.75, 3.05) is 12.4 Å². The van der Waals surface area contributed by atoms with Crippen molar-refractivity contribution in [3.05, 3.63) is 33.8 Å². The Hall–Kier alpha value is -0.910. The molecule has 0 N–H and O–H groups in total. The highest BCUT2D eigenvalue weighted by atomic mass is 35.5. The maximum absolute atomic E-state index is 13.2. The normalized spacial score (nSPS) is 19.6. The fourth-order valence-electron chi connectivity index (χ4n) is 2.91. The smallest absolute Gasteiger partial charge is 0.329 e. The molecule has 1 aliphatic heterocycles. The molecular formula is C19H25Cl2NO3S. The van der Waals surface area contributed by atoms with Crippen molar-refractivity contribution < 1.29 is 14.3 Å². The summed E-state index contributed by atoms with van der Waals surface area (Å²) in [7, 11) is 0. The highest BCUT2D eigenvalue weighted by Crippen LogP contribution is 2.36. The third kappa shape index (κ3) is 5.30. The van der Waals surface area contributed by atoms with Crippen LogP contribution in [0.3, 0.4) is 0 Å². The molecule has 2 atom stereocenters. The van der Waals surface area contributed by atoms with Crippen LogP contribution in [0, 0.1) is 0 Å². The highest BCUT2D eigenvalue weighted by molar-refractivity contribution is 8.00. The van der Waals surface area contributed by atoms with Gasteiger partial charge >= 0.3 is 5.97 Å². The van der Waals surface area contributed by atoms with Crippen molar-refractivity contribution in [3.63, 3.8) is 0 Å². The van der Waals surface area contributed by atoms with E-state index in [1.165, 1.54) is 0 Å². The van der Waals surface area contributed by atoms with Crippen LogP contribution < -0.4 is 0 Å². The third-order valence-electron chi connectivity index (χ3n) is 4.26. The van der Waals surface area contributed by atoms with Crippen molar-refractivity contribution in [1.29, 1.82) is 0 Å². The summed E-state index contributed by atoms with van der Waals surface area (Å²) in [6, 6.07) is 4.24. The predicted molar refractivity (Wildman–Crippen MR) is 108 cm³/mol. The molecule has 1 saturated heterocycles. The Balaban J connectivity index is 2.24. The second kappa shape index (κ2) is 10.4. The maximum atomic E-state index is 13.2. The molecule has 26 heavy (non-hydrogen) atoms. The Bertz CT molecular complexity index is 641. The molecule has 144 valence electrons. The fraction of sp³-hybridized carbons (Fsp3) is 0.579. The first-order valence-corrected chi connectivity index (χ1v) is 10.9. The molecular weight excluding hydrogens is 393 g/mol. The fourth-order valence-corrected chi connectivity index (χ4v) is 4.84. The Morgan fingerprint density at radius 3 is 2.65 bits per heavy atom. The summed E-state index contributed by atoms with van der Waals surface area (Å²) in [6.45, 7) is 4.45. The zero-order chi connectivity index (χ0) is 19.1. The molecule has 0 aliphatic carbocycles. The lowest BCUT2D eigenvalue weighted by atomic mass is 10.1. The van der Waals surface area contributed by atoms with Crippen LogP contribution in [0.5, 0.6) is 0 Å². The van der Waals surface area contributed by atoms with E-state index in [0.29, 0.717) is 28.0 Å². The maximum Gasteiger partial charge on any atom is 0.329 e. The van der Waals surface area contributed by atoms with Gasteiger partial charge in [0.2, 0.25) is 0 Å². The average Bonchev–Trinajstić information content (AvgIpc) is 3.03. The van der Waals surface area contributed by atoms with Crippen molar-refractivity contribution in [3.8, 4) is 0 Å². The number of amides is 1.